The summed E-state index contributed by atoms with van der Waals surface area (Å²) < 4.78 is 10.2. The van der Waals surface area contributed by atoms with Crippen LogP contribution in [0.15, 0.2) is 42.5 Å². The average molecular weight is 418 g/mol. The fraction of sp³-hybridized carbons (Fsp3) is 0.286. The van der Waals surface area contributed by atoms with Gasteiger partial charge in [0, 0.05) is 6.07 Å². The summed E-state index contributed by atoms with van der Waals surface area (Å²) in [4.78, 5) is 12.7. The van der Waals surface area contributed by atoms with Crippen LogP contribution in [-0.2, 0) is 9.47 Å². The first kappa shape index (κ1) is 21.8. The van der Waals surface area contributed by atoms with Gasteiger partial charge in [0.05, 0.1) is 6.61 Å². The molecule has 9 heteroatoms. The zero-order valence-corrected chi connectivity index (χ0v) is 15.7. The first-order valence-electron chi connectivity index (χ1n) is 9.12. The van der Waals surface area contributed by atoms with Gasteiger partial charge in [0.1, 0.15) is 41.5 Å². The minimum Gasteiger partial charge on any atom is -0.508 e. The number of carbonyl (C=O) groups excluding carboxylic acids is 1. The summed E-state index contributed by atoms with van der Waals surface area (Å²) >= 11 is 0. The number of ether oxygens (including phenoxy) is 2. The number of aliphatic hydroxyl groups is 4. The second-order valence-corrected chi connectivity index (χ2v) is 6.78. The van der Waals surface area contributed by atoms with Gasteiger partial charge in [-0.2, -0.15) is 0 Å². The van der Waals surface area contributed by atoms with Crippen LogP contribution in [0.25, 0.3) is 12.2 Å². The molecule has 0 unspecified atom stereocenters. The molecule has 2 aromatic rings. The maximum Gasteiger partial charge on any atom is 0.344 e. The van der Waals surface area contributed by atoms with E-state index in [0.29, 0.717) is 0 Å². The molecule has 0 aliphatic carbocycles. The molecule has 0 aromatic heterocycles. The molecule has 160 valence electrons. The molecule has 0 spiro atoms. The Morgan fingerprint density at radius 3 is 2.37 bits per heavy atom. The molecule has 3 rings (SSSR count). The summed E-state index contributed by atoms with van der Waals surface area (Å²) in [5.74, 6) is -1.97. The van der Waals surface area contributed by atoms with Crippen LogP contribution in [0.1, 0.15) is 21.5 Å². The maximum absolute atomic E-state index is 12.7. The fourth-order valence-electron chi connectivity index (χ4n) is 3.07. The minimum absolute atomic E-state index is 0.131. The number of hydrogen-bond donors (Lipinski definition) is 6. The van der Waals surface area contributed by atoms with Crippen molar-refractivity contribution in [3.63, 3.8) is 0 Å². The SMILES string of the molecule is O=C(O[C@@H]1O[C@@H](CO)[C@@H](O)[C@@H](O)[C@@H]1O)c1c(O)cc(O)cc1C=Cc1ccccc1. The first-order valence-corrected chi connectivity index (χ1v) is 9.12. The number of benzene rings is 2. The van der Waals surface area contributed by atoms with E-state index in [0.717, 1.165) is 11.6 Å². The van der Waals surface area contributed by atoms with Crippen molar-refractivity contribution < 1.29 is 44.9 Å². The third-order valence-electron chi connectivity index (χ3n) is 4.66. The Hall–Kier alpha value is -2.95. The van der Waals surface area contributed by atoms with Crippen LogP contribution < -0.4 is 0 Å². The van der Waals surface area contributed by atoms with Crippen molar-refractivity contribution in [1.82, 2.24) is 0 Å². The van der Waals surface area contributed by atoms with E-state index >= 15 is 0 Å². The number of carbonyl (C=O) groups is 1. The van der Waals surface area contributed by atoms with Crippen LogP contribution in [0.2, 0.25) is 0 Å². The van der Waals surface area contributed by atoms with Crippen molar-refractivity contribution in [2.45, 2.75) is 30.7 Å². The van der Waals surface area contributed by atoms with Gasteiger partial charge in [0.25, 0.3) is 0 Å². The fourth-order valence-corrected chi connectivity index (χ4v) is 3.07. The number of phenols is 2. The highest BCUT2D eigenvalue weighted by Gasteiger charge is 2.45. The summed E-state index contributed by atoms with van der Waals surface area (Å²) in [6, 6.07) is 11.3. The van der Waals surface area contributed by atoms with Gasteiger partial charge < -0.3 is 40.1 Å². The van der Waals surface area contributed by atoms with Crippen molar-refractivity contribution >= 4 is 18.1 Å². The van der Waals surface area contributed by atoms with E-state index in [1.807, 2.05) is 30.3 Å². The summed E-state index contributed by atoms with van der Waals surface area (Å²) in [5.41, 5.74) is 0.622. The van der Waals surface area contributed by atoms with Gasteiger partial charge in [0.15, 0.2) is 0 Å². The lowest BCUT2D eigenvalue weighted by atomic mass is 9.99. The van der Waals surface area contributed by atoms with Gasteiger partial charge in [-0.3, -0.25) is 0 Å². The Morgan fingerprint density at radius 1 is 1.00 bits per heavy atom. The highest BCUT2D eigenvalue weighted by Crippen LogP contribution is 2.31. The number of aliphatic hydroxyl groups excluding tert-OH is 4. The molecule has 9 nitrogen and oxygen atoms in total. The molecule has 0 radical (unpaired) electrons. The van der Waals surface area contributed by atoms with Gasteiger partial charge in [-0.1, -0.05) is 42.5 Å². The van der Waals surface area contributed by atoms with E-state index in [1.165, 1.54) is 12.1 Å². The van der Waals surface area contributed by atoms with E-state index in [9.17, 15) is 35.4 Å². The molecular formula is C21H22O9. The second-order valence-electron chi connectivity index (χ2n) is 6.78. The Balaban J connectivity index is 1.87. The Bertz CT molecular complexity index is 910. The van der Waals surface area contributed by atoms with Crippen LogP contribution in [0.3, 0.4) is 0 Å². The molecular weight excluding hydrogens is 396 g/mol. The molecule has 30 heavy (non-hydrogen) atoms. The lowest BCUT2D eigenvalue weighted by molar-refractivity contribution is -0.285. The molecule has 1 aliphatic rings. The molecule has 1 aliphatic heterocycles. The largest absolute Gasteiger partial charge is 0.508 e. The number of rotatable bonds is 5. The van der Waals surface area contributed by atoms with E-state index in [-0.39, 0.29) is 16.9 Å². The third kappa shape index (κ3) is 4.61. The highest BCUT2D eigenvalue weighted by molar-refractivity contribution is 5.98. The standard InChI is InChI=1S/C21H22O9/c22-10-15-17(25)18(26)19(27)21(29-15)30-20(28)16-12(8-13(23)9-14(16)24)7-6-11-4-2-1-3-5-11/h1-9,15,17-19,21-27H,10H2/t15-,17+,18+,19-,21-/m0/s1. The predicted octanol–water partition coefficient (Wildman–Crippen LogP) is 0.225. The number of aromatic hydroxyl groups is 2. The Labute approximate surface area is 171 Å². The van der Waals surface area contributed by atoms with Gasteiger partial charge in [-0.15, -0.1) is 0 Å². The van der Waals surface area contributed by atoms with Gasteiger partial charge in [-0.25, -0.2) is 4.79 Å². The number of esters is 1. The lowest BCUT2D eigenvalue weighted by Crippen LogP contribution is -2.59. The zero-order valence-electron chi connectivity index (χ0n) is 15.7. The van der Waals surface area contributed by atoms with Crippen molar-refractivity contribution in [2.75, 3.05) is 6.61 Å². The highest BCUT2D eigenvalue weighted by atomic mass is 16.7. The lowest BCUT2D eigenvalue weighted by Gasteiger charge is -2.39. The topological polar surface area (TPSA) is 157 Å². The summed E-state index contributed by atoms with van der Waals surface area (Å²) in [6.07, 6.45) is -4.93. The monoisotopic (exact) mass is 418 g/mol. The minimum atomic E-state index is -1.78. The molecule has 2 aromatic carbocycles. The molecule has 0 bridgehead atoms. The van der Waals surface area contributed by atoms with Crippen LogP contribution in [0.4, 0.5) is 0 Å². The second kappa shape index (κ2) is 9.24. The van der Waals surface area contributed by atoms with Crippen molar-refractivity contribution in [3.8, 4) is 11.5 Å². The van der Waals surface area contributed by atoms with Crippen LogP contribution in [0, 0.1) is 0 Å². The van der Waals surface area contributed by atoms with E-state index in [1.54, 1.807) is 6.08 Å². The quantitative estimate of drug-likeness (QED) is 0.295. The molecule has 5 atom stereocenters. The van der Waals surface area contributed by atoms with E-state index < -0.39 is 49.0 Å². The molecule has 1 saturated heterocycles. The summed E-state index contributed by atoms with van der Waals surface area (Å²) in [7, 11) is 0. The summed E-state index contributed by atoms with van der Waals surface area (Å²) in [5, 5.41) is 58.9. The zero-order chi connectivity index (χ0) is 21.8. The molecule has 6 N–H and O–H groups in total. The number of hydrogen-bond acceptors (Lipinski definition) is 9. The normalized spacial score (nSPS) is 26.6. The van der Waals surface area contributed by atoms with E-state index in [4.69, 9.17) is 9.47 Å². The van der Waals surface area contributed by atoms with Crippen LogP contribution in [0.5, 0.6) is 11.5 Å². The summed E-state index contributed by atoms with van der Waals surface area (Å²) in [6.45, 7) is -0.686. The molecule has 0 saturated carbocycles. The first-order chi connectivity index (χ1) is 14.3. The van der Waals surface area contributed by atoms with Gasteiger partial charge in [-0.05, 0) is 17.2 Å². The third-order valence-corrected chi connectivity index (χ3v) is 4.66. The molecule has 0 amide bonds. The van der Waals surface area contributed by atoms with Crippen molar-refractivity contribution in [2.24, 2.45) is 0 Å². The predicted molar refractivity (Wildman–Crippen MR) is 104 cm³/mol. The van der Waals surface area contributed by atoms with Gasteiger partial charge in [0.2, 0.25) is 6.29 Å². The van der Waals surface area contributed by atoms with Crippen LogP contribution >= 0.6 is 0 Å². The van der Waals surface area contributed by atoms with Crippen LogP contribution in [-0.4, -0.2) is 73.9 Å². The molecule has 1 heterocycles. The van der Waals surface area contributed by atoms with Crippen molar-refractivity contribution in [1.29, 1.82) is 0 Å². The number of phenolic OH excluding ortho intramolecular Hbond substituents is 2. The Morgan fingerprint density at radius 2 is 1.70 bits per heavy atom. The van der Waals surface area contributed by atoms with Crippen molar-refractivity contribution in [3.05, 3.63) is 59.2 Å². The Kier molecular flexibility index (Phi) is 6.70. The average Bonchev–Trinajstić information content (AvgIpc) is 2.72. The van der Waals surface area contributed by atoms with E-state index in [2.05, 4.69) is 0 Å². The molecule has 1 fully saturated rings. The smallest absolute Gasteiger partial charge is 0.344 e. The van der Waals surface area contributed by atoms with Gasteiger partial charge >= 0.3 is 5.97 Å². The maximum atomic E-state index is 12.7.